The first-order chi connectivity index (χ1) is 7.57. The smallest absolute Gasteiger partial charge is 0.293 e. The molecule has 1 heterocycles. The van der Waals surface area contributed by atoms with Gasteiger partial charge in [0.15, 0.2) is 0 Å². The maximum Gasteiger partial charge on any atom is 0.293 e. The zero-order chi connectivity index (χ0) is 11.6. The van der Waals surface area contributed by atoms with Crippen molar-refractivity contribution in [2.24, 2.45) is 4.99 Å². The van der Waals surface area contributed by atoms with E-state index in [9.17, 15) is 0 Å². The molecule has 1 aromatic carbocycles. The molecule has 16 heavy (non-hydrogen) atoms. The second-order valence-corrected chi connectivity index (χ2v) is 4.90. The maximum absolute atomic E-state index is 5.57. The van der Waals surface area contributed by atoms with Gasteiger partial charge in [-0.25, -0.2) is 0 Å². The third-order valence-corrected chi connectivity index (χ3v) is 2.57. The monoisotopic (exact) mass is 218 g/mol. The van der Waals surface area contributed by atoms with Crippen LogP contribution in [0.25, 0.3) is 0 Å². The fourth-order valence-corrected chi connectivity index (χ4v) is 1.73. The summed E-state index contributed by atoms with van der Waals surface area (Å²) < 4.78 is 5.57. The second kappa shape index (κ2) is 4.16. The van der Waals surface area contributed by atoms with E-state index in [4.69, 9.17) is 4.74 Å². The normalized spacial score (nSPS) is 18.9. The number of nitrogens with zero attached hydrogens (tertiary/aromatic N) is 2. The summed E-state index contributed by atoms with van der Waals surface area (Å²) in [7, 11) is 0. The van der Waals surface area contributed by atoms with E-state index in [0.717, 1.165) is 24.9 Å². The molecule has 0 saturated carbocycles. The number of rotatable bonds is 1. The van der Waals surface area contributed by atoms with E-state index in [0.29, 0.717) is 0 Å². The van der Waals surface area contributed by atoms with Gasteiger partial charge >= 0.3 is 0 Å². The average molecular weight is 218 g/mol. The molecular weight excluding hydrogens is 200 g/mol. The number of ether oxygens (including phenoxy) is 1. The summed E-state index contributed by atoms with van der Waals surface area (Å²) in [4.78, 5) is 6.72. The lowest BCUT2D eigenvalue weighted by molar-refractivity contribution is 0.257. The summed E-state index contributed by atoms with van der Waals surface area (Å²) in [5.74, 6) is 0. The number of hydrogen-bond acceptors (Lipinski definition) is 2. The molecule has 1 saturated heterocycles. The minimum atomic E-state index is 0.0596. The minimum Gasteiger partial charge on any atom is -0.463 e. The lowest BCUT2D eigenvalue weighted by Crippen LogP contribution is -2.42. The van der Waals surface area contributed by atoms with Crippen LogP contribution in [-0.4, -0.2) is 29.6 Å². The largest absolute Gasteiger partial charge is 0.463 e. The Bertz CT molecular complexity index is 379. The van der Waals surface area contributed by atoms with Crippen LogP contribution in [0.15, 0.2) is 35.3 Å². The molecule has 0 amide bonds. The van der Waals surface area contributed by atoms with Gasteiger partial charge in [-0.3, -0.25) is 0 Å². The third-order valence-electron chi connectivity index (χ3n) is 2.57. The quantitative estimate of drug-likeness (QED) is 0.724. The number of aliphatic imine (C=N–C) groups is 1. The Labute approximate surface area is 96.7 Å². The topological polar surface area (TPSA) is 24.8 Å². The van der Waals surface area contributed by atoms with Crippen LogP contribution in [0.5, 0.6) is 0 Å². The van der Waals surface area contributed by atoms with Crippen LogP contribution < -0.4 is 0 Å². The summed E-state index contributed by atoms with van der Waals surface area (Å²) in [6.45, 7) is 8.14. The van der Waals surface area contributed by atoms with Crippen molar-refractivity contribution in [3.63, 3.8) is 0 Å². The predicted octanol–water partition coefficient (Wildman–Crippen LogP) is 2.80. The second-order valence-electron chi connectivity index (χ2n) is 4.90. The molecule has 0 aromatic heterocycles. The van der Waals surface area contributed by atoms with Gasteiger partial charge < -0.3 is 9.64 Å². The van der Waals surface area contributed by atoms with Gasteiger partial charge in [0, 0.05) is 5.54 Å². The van der Waals surface area contributed by atoms with Crippen molar-refractivity contribution < 1.29 is 4.74 Å². The van der Waals surface area contributed by atoms with Crippen LogP contribution in [0.1, 0.15) is 20.8 Å². The highest BCUT2D eigenvalue weighted by molar-refractivity contribution is 5.79. The van der Waals surface area contributed by atoms with E-state index >= 15 is 0 Å². The molecule has 1 fully saturated rings. The minimum absolute atomic E-state index is 0.0596. The van der Waals surface area contributed by atoms with Crippen molar-refractivity contribution in [3.8, 4) is 0 Å². The number of benzene rings is 1. The number of para-hydroxylation sites is 1. The average Bonchev–Trinajstić information content (AvgIpc) is 2.67. The van der Waals surface area contributed by atoms with Crippen LogP contribution >= 0.6 is 0 Å². The molecule has 0 N–H and O–H groups in total. The fourth-order valence-electron chi connectivity index (χ4n) is 1.73. The van der Waals surface area contributed by atoms with E-state index in [1.54, 1.807) is 0 Å². The van der Waals surface area contributed by atoms with Crippen molar-refractivity contribution in [2.45, 2.75) is 26.3 Å². The van der Waals surface area contributed by atoms with Gasteiger partial charge in [-0.1, -0.05) is 18.2 Å². The van der Waals surface area contributed by atoms with E-state index in [-0.39, 0.29) is 5.54 Å². The maximum atomic E-state index is 5.57. The zero-order valence-corrected chi connectivity index (χ0v) is 10.1. The van der Waals surface area contributed by atoms with Gasteiger partial charge in [0.2, 0.25) is 0 Å². The molecule has 1 aromatic rings. The van der Waals surface area contributed by atoms with Crippen LogP contribution in [0, 0.1) is 0 Å². The highest BCUT2D eigenvalue weighted by Gasteiger charge is 2.30. The Kier molecular flexibility index (Phi) is 2.86. The van der Waals surface area contributed by atoms with Crippen LogP contribution in [-0.2, 0) is 4.74 Å². The first-order valence-corrected chi connectivity index (χ1v) is 5.61. The first kappa shape index (κ1) is 11.0. The molecule has 1 aliphatic heterocycles. The molecule has 0 unspecified atom stereocenters. The molecule has 3 heteroatoms. The standard InChI is InChI=1S/C13H18N2O/c1-13(2,3)15-9-10-16-12(15)14-11-7-5-4-6-8-11/h4-8H,9-10H2,1-3H3. The van der Waals surface area contributed by atoms with Crippen molar-refractivity contribution in [1.82, 2.24) is 4.90 Å². The van der Waals surface area contributed by atoms with Gasteiger partial charge in [0.1, 0.15) is 6.61 Å². The van der Waals surface area contributed by atoms with E-state index in [1.165, 1.54) is 0 Å². The van der Waals surface area contributed by atoms with Crippen LogP contribution in [0.2, 0.25) is 0 Å². The van der Waals surface area contributed by atoms with Crippen molar-refractivity contribution >= 4 is 11.7 Å². The number of hydrogen-bond donors (Lipinski definition) is 0. The highest BCUT2D eigenvalue weighted by atomic mass is 16.5. The summed E-state index contributed by atoms with van der Waals surface area (Å²) >= 11 is 0. The third kappa shape index (κ3) is 2.35. The SMILES string of the molecule is CC(C)(C)N1CCOC1=Nc1ccccc1. The Morgan fingerprint density at radius 1 is 1.19 bits per heavy atom. The lowest BCUT2D eigenvalue weighted by Gasteiger charge is -2.31. The summed E-state index contributed by atoms with van der Waals surface area (Å²) in [6, 6.07) is 10.6. The van der Waals surface area contributed by atoms with Gasteiger partial charge in [-0.15, -0.1) is 0 Å². The summed E-state index contributed by atoms with van der Waals surface area (Å²) in [6.07, 6.45) is 0. The van der Waals surface area contributed by atoms with Crippen LogP contribution in [0.3, 0.4) is 0 Å². The Balaban J connectivity index is 2.24. The zero-order valence-electron chi connectivity index (χ0n) is 10.1. The molecular formula is C13H18N2O. The van der Waals surface area contributed by atoms with Gasteiger partial charge in [0.25, 0.3) is 6.02 Å². The molecule has 86 valence electrons. The van der Waals surface area contributed by atoms with Gasteiger partial charge in [-0.2, -0.15) is 4.99 Å². The Hall–Kier alpha value is -1.51. The fraction of sp³-hybridized carbons (Fsp3) is 0.462. The Morgan fingerprint density at radius 3 is 2.50 bits per heavy atom. The van der Waals surface area contributed by atoms with Crippen molar-refractivity contribution in [3.05, 3.63) is 30.3 Å². The molecule has 0 spiro atoms. The molecule has 0 radical (unpaired) electrons. The molecule has 1 aliphatic rings. The lowest BCUT2D eigenvalue weighted by atomic mass is 10.1. The van der Waals surface area contributed by atoms with Crippen LogP contribution in [0.4, 0.5) is 5.69 Å². The molecule has 0 aliphatic carbocycles. The summed E-state index contributed by atoms with van der Waals surface area (Å²) in [5, 5.41) is 0. The van der Waals surface area contributed by atoms with E-state index < -0.39 is 0 Å². The molecule has 0 atom stereocenters. The predicted molar refractivity (Wildman–Crippen MR) is 65.9 cm³/mol. The Morgan fingerprint density at radius 2 is 1.88 bits per heavy atom. The van der Waals surface area contributed by atoms with Gasteiger partial charge in [0.05, 0.1) is 12.2 Å². The van der Waals surface area contributed by atoms with E-state index in [2.05, 4.69) is 30.7 Å². The molecule has 2 rings (SSSR count). The summed E-state index contributed by atoms with van der Waals surface area (Å²) in [5.41, 5.74) is 0.998. The van der Waals surface area contributed by atoms with Crippen molar-refractivity contribution in [1.29, 1.82) is 0 Å². The first-order valence-electron chi connectivity index (χ1n) is 5.61. The number of amidine groups is 1. The van der Waals surface area contributed by atoms with Gasteiger partial charge in [-0.05, 0) is 32.9 Å². The highest BCUT2D eigenvalue weighted by Crippen LogP contribution is 2.21. The van der Waals surface area contributed by atoms with Crippen molar-refractivity contribution in [2.75, 3.05) is 13.2 Å². The van der Waals surface area contributed by atoms with E-state index in [1.807, 2.05) is 30.3 Å². The molecule has 3 nitrogen and oxygen atoms in total. The molecule has 0 bridgehead atoms.